The minimum absolute atomic E-state index is 0.0236. The van der Waals surface area contributed by atoms with Crippen molar-refractivity contribution in [3.8, 4) is 0 Å². The van der Waals surface area contributed by atoms with Crippen molar-refractivity contribution >= 4 is 55.9 Å². The lowest BCUT2D eigenvalue weighted by Gasteiger charge is -2.30. The van der Waals surface area contributed by atoms with Gasteiger partial charge in [-0.25, -0.2) is 0 Å². The van der Waals surface area contributed by atoms with Gasteiger partial charge in [-0.05, 0) is 25.1 Å². The first-order chi connectivity index (χ1) is 11.7. The number of H-pyrrole nitrogens is 1. The molecule has 2 unspecified atom stereocenters. The molecule has 1 fully saturated rings. The van der Waals surface area contributed by atoms with Crippen LogP contribution in [0.5, 0.6) is 0 Å². The summed E-state index contributed by atoms with van der Waals surface area (Å²) in [5.41, 5.74) is -0.575. The Hall–Kier alpha value is 0.0599. The van der Waals surface area contributed by atoms with Crippen LogP contribution in [0.15, 0.2) is 11.0 Å². The Labute approximate surface area is 160 Å². The maximum Gasteiger partial charge on any atom is 0.619 e. The zero-order valence-corrected chi connectivity index (χ0v) is 16.2. The molecule has 0 spiro atoms. The molecule has 0 bridgehead atoms. The summed E-state index contributed by atoms with van der Waals surface area (Å²) in [4.78, 5) is 59.0. The van der Waals surface area contributed by atoms with Crippen LogP contribution in [0.2, 0.25) is 5.02 Å². The van der Waals surface area contributed by atoms with E-state index in [1.54, 1.807) is 0 Å². The number of aromatic amines is 1. The van der Waals surface area contributed by atoms with E-state index in [1.807, 2.05) is 0 Å². The van der Waals surface area contributed by atoms with Gasteiger partial charge >= 0.3 is 16.3 Å². The maximum atomic E-state index is 11.4. The molecule has 0 aromatic carbocycles. The smallest absolute Gasteiger partial charge is 0.353 e. The maximum absolute atomic E-state index is 11.4. The van der Waals surface area contributed by atoms with Crippen molar-refractivity contribution in [3.63, 3.8) is 0 Å². The zero-order chi connectivity index (χ0) is 19.9. The first-order valence-electron chi connectivity index (χ1n) is 6.78. The number of halogens is 1. The number of nitrogens with zero attached hydrogens (tertiary/aromatic N) is 1. The van der Waals surface area contributed by atoms with E-state index in [-0.39, 0.29) is 16.2 Å². The van der Waals surface area contributed by atoms with Crippen molar-refractivity contribution in [1.82, 2.24) is 9.55 Å². The highest BCUT2D eigenvalue weighted by Gasteiger charge is 2.61. The van der Waals surface area contributed by atoms with Crippen molar-refractivity contribution in [2.24, 2.45) is 0 Å². The first-order valence-corrected chi connectivity index (χ1v) is 10.7. The molecule has 1 aromatic heterocycles. The van der Waals surface area contributed by atoms with Gasteiger partial charge < -0.3 is 4.74 Å². The van der Waals surface area contributed by atoms with Crippen LogP contribution in [0.1, 0.15) is 19.1 Å². The van der Waals surface area contributed by atoms with Gasteiger partial charge in [0.25, 0.3) is 5.56 Å². The van der Waals surface area contributed by atoms with Crippen LogP contribution >= 0.6 is 40.2 Å². The minimum atomic E-state index is -5.03. The van der Waals surface area contributed by atoms with Crippen molar-refractivity contribution in [3.05, 3.63) is 26.3 Å². The Balaban J connectivity index is 2.13. The van der Waals surface area contributed by atoms with E-state index in [4.69, 9.17) is 58.9 Å². The van der Waals surface area contributed by atoms with E-state index < -0.39 is 39.6 Å². The summed E-state index contributed by atoms with van der Waals surface area (Å²) in [5, 5.41) is -2.47. The second kappa shape index (κ2) is 7.82. The van der Waals surface area contributed by atoms with E-state index in [9.17, 15) is 14.6 Å². The average Bonchev–Trinajstić information content (AvgIpc) is 2.89. The zero-order valence-electron chi connectivity index (χ0n) is 12.8. The van der Waals surface area contributed by atoms with Crippen LogP contribution in [0.4, 0.5) is 0 Å². The number of ether oxygens (including phenoxy) is 1. The monoisotopic (exact) mass is 444 g/mol. The molecule has 2 heterocycles. The Kier molecular flexibility index (Phi) is 6.73. The molecule has 26 heavy (non-hydrogen) atoms. The number of aromatic nitrogens is 2. The highest BCUT2D eigenvalue weighted by atomic mass is 35.5. The summed E-state index contributed by atoms with van der Waals surface area (Å²) in [7, 11) is 1.33. The molecule has 2 atom stereocenters. The molecule has 6 N–H and O–H groups in total. The van der Waals surface area contributed by atoms with Crippen molar-refractivity contribution in [2.45, 2.75) is 30.6 Å². The molecule has 0 amide bonds. The second-order valence-corrected chi connectivity index (χ2v) is 8.97. The van der Waals surface area contributed by atoms with Gasteiger partial charge in [0, 0.05) is 6.20 Å². The molecule has 1 aliphatic heterocycles. The molecule has 11 nitrogen and oxygen atoms in total. The topological polar surface area (TPSA) is 167 Å². The van der Waals surface area contributed by atoms with Gasteiger partial charge in [0.05, 0.1) is 15.8 Å². The first kappa shape index (κ1) is 22.4. The summed E-state index contributed by atoms with van der Waals surface area (Å²) in [6, 6.07) is 0. The van der Waals surface area contributed by atoms with Crippen LogP contribution in [-0.4, -0.2) is 61.2 Å². The molecule has 1 aromatic rings. The number of hydrogen-bond acceptors (Lipinski definition) is 10. The quantitative estimate of drug-likeness (QED) is 0.193. The molecule has 2 rings (SSSR count). The number of nitrogens with one attached hydrogen (secondary N) is 1. The largest absolute Gasteiger partial charge is 0.619 e. The Morgan fingerprint density at radius 1 is 1.35 bits per heavy atom. The number of rotatable bonds is 6. The molecule has 1 aliphatic rings. The van der Waals surface area contributed by atoms with Crippen LogP contribution < -0.4 is 5.56 Å². The van der Waals surface area contributed by atoms with Gasteiger partial charge in [0.15, 0.2) is 4.77 Å². The lowest BCUT2D eigenvalue weighted by Crippen LogP contribution is -2.46. The second-order valence-electron chi connectivity index (χ2n) is 5.33. The third-order valence-corrected chi connectivity index (χ3v) is 6.09. The fraction of sp³-hybridized carbons (Fsp3) is 0.556. The predicted molar refractivity (Wildman–Crippen MR) is 95.4 cm³/mol. The molecule has 1 saturated heterocycles. The van der Waals surface area contributed by atoms with Crippen molar-refractivity contribution in [2.75, 3.05) is 0 Å². The molecule has 17 heteroatoms. The Morgan fingerprint density at radius 3 is 2.54 bits per heavy atom. The predicted octanol–water partition coefficient (Wildman–Crippen LogP) is -0.422. The van der Waals surface area contributed by atoms with Crippen molar-refractivity contribution < 1.29 is 38.0 Å². The Bertz CT molecular complexity index is 786. The van der Waals surface area contributed by atoms with E-state index in [0.29, 0.717) is 6.42 Å². The molecular formula is C9H13B2ClN2O9P2S+2. The highest BCUT2D eigenvalue weighted by Crippen LogP contribution is 2.68. The summed E-state index contributed by atoms with van der Waals surface area (Å²) in [6.45, 7) is 0. The fourth-order valence-corrected chi connectivity index (χ4v) is 4.47. The molecule has 0 saturated carbocycles. The highest BCUT2D eigenvalue weighted by molar-refractivity contribution is 7.71. The van der Waals surface area contributed by atoms with E-state index >= 15 is 0 Å². The molecule has 0 aliphatic carbocycles. The lowest BCUT2D eigenvalue weighted by molar-refractivity contribution is -0.0522. The van der Waals surface area contributed by atoms with Gasteiger partial charge in [-0.2, -0.15) is 29.0 Å². The lowest BCUT2D eigenvalue weighted by atomic mass is 9.61. The van der Waals surface area contributed by atoms with Gasteiger partial charge in [-0.15, -0.1) is 0 Å². The minimum Gasteiger partial charge on any atom is -0.353 e. The normalized spacial score (nSPS) is 21.9. The van der Waals surface area contributed by atoms with Crippen molar-refractivity contribution in [1.29, 1.82) is 0 Å². The third-order valence-electron chi connectivity index (χ3n) is 3.23. The average molecular weight is 444 g/mol. The number of hydrogen-bond donors (Lipinski definition) is 6. The van der Waals surface area contributed by atoms with E-state index in [0.717, 1.165) is 0 Å². The van der Waals surface area contributed by atoms with Crippen LogP contribution in [0.3, 0.4) is 0 Å². The molecular weight excluding hydrogens is 431 g/mol. The van der Waals surface area contributed by atoms with Gasteiger partial charge in [0.1, 0.15) is 26.9 Å². The summed E-state index contributed by atoms with van der Waals surface area (Å²) in [6.07, 6.45) is -0.157. The van der Waals surface area contributed by atoms with Gasteiger partial charge in [-0.3, -0.25) is 14.3 Å². The standard InChI is InChI=1S/C9H12B2ClN2O9P2S/c10-9(11,22-25(19,20)23-24(16,17)18)5-1-2-6(21-5)14-3-4(12)7(15)13-8(14)26/h3,5-6,16-20H,1-2H2/q+1/p+1. The van der Waals surface area contributed by atoms with E-state index in [2.05, 4.69) is 13.8 Å². The fourth-order valence-electron chi connectivity index (χ4n) is 2.26. The third kappa shape index (κ3) is 5.78. The Morgan fingerprint density at radius 2 is 1.96 bits per heavy atom. The van der Waals surface area contributed by atoms with Crippen LogP contribution in [0.25, 0.3) is 0 Å². The van der Waals surface area contributed by atoms with Gasteiger partial charge in [0.2, 0.25) is 0 Å². The molecule has 4 radical (unpaired) electrons. The summed E-state index contributed by atoms with van der Waals surface area (Å²) >= 11 is 10.8. The van der Waals surface area contributed by atoms with Crippen LogP contribution in [-0.2, 0) is 13.6 Å². The van der Waals surface area contributed by atoms with Crippen LogP contribution in [0, 0.1) is 4.77 Å². The van der Waals surface area contributed by atoms with E-state index in [1.165, 1.54) is 10.8 Å². The SMILES string of the molecule is [B]C([B])(O[P+](O)(O)O[P+](O)(O)O)C1CCC(n2cc(Cl)c(=O)[nH]c2=S)O1. The molecule has 140 valence electrons. The summed E-state index contributed by atoms with van der Waals surface area (Å²) in [5.74, 6) is 0. The van der Waals surface area contributed by atoms with Gasteiger partial charge in [-0.1, -0.05) is 11.6 Å². The summed E-state index contributed by atoms with van der Waals surface area (Å²) < 4.78 is 15.4.